The quantitative estimate of drug-likeness (QED) is 0.613. The maximum Gasteiger partial charge on any atom is 0.269 e. The molecule has 1 fully saturated rings. The number of rotatable bonds is 5. The van der Waals surface area contributed by atoms with Gasteiger partial charge in [0.1, 0.15) is 0 Å². The van der Waals surface area contributed by atoms with Gasteiger partial charge in [-0.15, -0.1) is 0 Å². The summed E-state index contributed by atoms with van der Waals surface area (Å²) in [5, 5.41) is 10.5. The van der Waals surface area contributed by atoms with Crippen LogP contribution in [-0.2, 0) is 16.4 Å². The maximum atomic E-state index is 12.0. The maximum absolute atomic E-state index is 12.0. The van der Waals surface area contributed by atoms with Crippen molar-refractivity contribution in [3.63, 3.8) is 0 Å². The Kier molecular flexibility index (Phi) is 5.18. The van der Waals surface area contributed by atoms with Crippen molar-refractivity contribution in [1.82, 2.24) is 4.90 Å². The summed E-state index contributed by atoms with van der Waals surface area (Å²) >= 11 is 0. The van der Waals surface area contributed by atoms with Crippen molar-refractivity contribution in [2.75, 3.05) is 13.3 Å². The average Bonchev–Trinajstić information content (AvgIpc) is 2.46. The third-order valence-corrected chi connectivity index (χ3v) is 5.99. The van der Waals surface area contributed by atoms with Crippen molar-refractivity contribution < 1.29 is 13.3 Å². The molecule has 0 saturated heterocycles. The Morgan fingerprint density at radius 2 is 2.00 bits per heavy atom. The van der Waals surface area contributed by atoms with Gasteiger partial charge >= 0.3 is 0 Å². The van der Waals surface area contributed by atoms with E-state index in [4.69, 9.17) is 0 Å². The Bertz CT molecular complexity index is 645. The fourth-order valence-corrected chi connectivity index (χ4v) is 4.76. The third kappa shape index (κ3) is 4.04. The van der Waals surface area contributed by atoms with Crippen molar-refractivity contribution in [2.45, 2.75) is 43.5 Å². The molecular weight excluding hydrogens is 304 g/mol. The molecule has 2 rings (SSSR count). The summed E-state index contributed by atoms with van der Waals surface area (Å²) in [5.74, 6) is 0. The van der Waals surface area contributed by atoms with Crippen molar-refractivity contribution >= 4 is 15.5 Å². The second-order valence-corrected chi connectivity index (χ2v) is 8.33. The van der Waals surface area contributed by atoms with E-state index in [2.05, 4.69) is 0 Å². The van der Waals surface area contributed by atoms with Crippen LogP contribution in [0.2, 0.25) is 0 Å². The lowest BCUT2D eigenvalue weighted by molar-refractivity contribution is -0.384. The van der Waals surface area contributed by atoms with Crippen LogP contribution in [0.5, 0.6) is 0 Å². The van der Waals surface area contributed by atoms with E-state index < -0.39 is 14.8 Å². The minimum atomic E-state index is -3.08. The molecule has 0 aliphatic heterocycles. The molecular formula is C15H22N2O4S. The number of non-ortho nitro benzene ring substituents is 1. The highest BCUT2D eigenvalue weighted by molar-refractivity contribution is 7.91. The molecule has 1 saturated carbocycles. The summed E-state index contributed by atoms with van der Waals surface area (Å²) in [6.07, 6.45) is 4.82. The highest BCUT2D eigenvalue weighted by Crippen LogP contribution is 2.28. The monoisotopic (exact) mass is 326 g/mol. The second-order valence-electron chi connectivity index (χ2n) is 6.06. The SMILES string of the molecule is CN(Cc1cccc([N+](=O)[O-])c1)[C@H]1CCCC[C@@H]1S(C)(=O)=O. The van der Waals surface area contributed by atoms with Gasteiger partial charge in [0.15, 0.2) is 9.84 Å². The molecule has 1 aliphatic rings. The molecule has 1 aliphatic carbocycles. The minimum Gasteiger partial charge on any atom is -0.298 e. The van der Waals surface area contributed by atoms with E-state index in [9.17, 15) is 18.5 Å². The van der Waals surface area contributed by atoms with Crippen LogP contribution >= 0.6 is 0 Å². The molecule has 0 amide bonds. The molecule has 1 aromatic rings. The number of benzene rings is 1. The Balaban J connectivity index is 2.15. The number of nitro benzene ring substituents is 1. The van der Waals surface area contributed by atoms with E-state index in [1.165, 1.54) is 12.3 Å². The van der Waals surface area contributed by atoms with E-state index in [0.29, 0.717) is 13.0 Å². The Morgan fingerprint density at radius 1 is 1.32 bits per heavy atom. The molecule has 0 bridgehead atoms. The average molecular weight is 326 g/mol. The molecule has 6 nitrogen and oxygen atoms in total. The first kappa shape index (κ1) is 16.9. The van der Waals surface area contributed by atoms with Crippen LogP contribution in [0.1, 0.15) is 31.2 Å². The van der Waals surface area contributed by atoms with Gasteiger partial charge in [-0.2, -0.15) is 0 Å². The lowest BCUT2D eigenvalue weighted by Crippen LogP contribution is -2.46. The molecule has 0 spiro atoms. The van der Waals surface area contributed by atoms with Crippen LogP contribution in [0.4, 0.5) is 5.69 Å². The predicted octanol–water partition coefficient (Wildman–Crippen LogP) is 2.38. The Hall–Kier alpha value is -1.47. The standard InChI is InChI=1S/C15H22N2O4S/c1-16(11-12-6-5-7-13(10-12)17(18)19)14-8-3-4-9-15(14)22(2,20)21/h5-7,10,14-15H,3-4,8-9,11H2,1-2H3/t14-,15-/m0/s1. The molecule has 22 heavy (non-hydrogen) atoms. The van der Waals surface area contributed by atoms with Gasteiger partial charge < -0.3 is 0 Å². The first-order valence-corrected chi connectivity index (χ1v) is 9.37. The first-order chi connectivity index (χ1) is 10.3. The van der Waals surface area contributed by atoms with Crippen molar-refractivity contribution in [3.05, 3.63) is 39.9 Å². The lowest BCUT2D eigenvalue weighted by atomic mass is 9.93. The van der Waals surface area contributed by atoms with Crippen LogP contribution in [0.15, 0.2) is 24.3 Å². The van der Waals surface area contributed by atoms with E-state index in [1.807, 2.05) is 18.0 Å². The van der Waals surface area contributed by atoms with Gasteiger partial charge in [-0.1, -0.05) is 25.0 Å². The first-order valence-electron chi connectivity index (χ1n) is 7.41. The highest BCUT2D eigenvalue weighted by Gasteiger charge is 2.35. The van der Waals surface area contributed by atoms with Crippen LogP contribution < -0.4 is 0 Å². The molecule has 0 aromatic heterocycles. The zero-order valence-electron chi connectivity index (χ0n) is 12.9. The number of nitro groups is 1. The summed E-state index contributed by atoms with van der Waals surface area (Å²) < 4.78 is 24.0. The minimum absolute atomic E-state index is 0.0250. The largest absolute Gasteiger partial charge is 0.298 e. The molecule has 0 heterocycles. The van der Waals surface area contributed by atoms with Gasteiger partial charge in [0, 0.05) is 31.0 Å². The number of nitrogens with zero attached hydrogens (tertiary/aromatic N) is 2. The zero-order chi connectivity index (χ0) is 16.3. The Morgan fingerprint density at radius 3 is 2.64 bits per heavy atom. The molecule has 0 radical (unpaired) electrons. The van der Waals surface area contributed by atoms with E-state index in [1.54, 1.807) is 12.1 Å². The highest BCUT2D eigenvalue weighted by atomic mass is 32.2. The second kappa shape index (κ2) is 6.75. The zero-order valence-corrected chi connectivity index (χ0v) is 13.8. The molecule has 2 atom stereocenters. The topological polar surface area (TPSA) is 80.5 Å². The van der Waals surface area contributed by atoms with Crippen molar-refractivity contribution in [3.8, 4) is 0 Å². The molecule has 122 valence electrons. The van der Waals surface area contributed by atoms with E-state index in [-0.39, 0.29) is 17.0 Å². The van der Waals surface area contributed by atoms with Crippen LogP contribution in [0.25, 0.3) is 0 Å². The third-order valence-electron chi connectivity index (χ3n) is 4.34. The summed E-state index contributed by atoms with van der Waals surface area (Å²) in [7, 11) is -1.19. The van der Waals surface area contributed by atoms with E-state index >= 15 is 0 Å². The summed E-state index contributed by atoms with van der Waals surface area (Å²) in [4.78, 5) is 12.4. The fraction of sp³-hybridized carbons (Fsp3) is 0.600. The summed E-state index contributed by atoms with van der Waals surface area (Å²) in [6, 6.07) is 6.49. The predicted molar refractivity (Wildman–Crippen MR) is 85.5 cm³/mol. The van der Waals surface area contributed by atoms with Gasteiger partial charge in [0.2, 0.25) is 0 Å². The van der Waals surface area contributed by atoms with Crippen molar-refractivity contribution in [2.24, 2.45) is 0 Å². The van der Waals surface area contributed by atoms with Crippen LogP contribution in [0, 0.1) is 10.1 Å². The van der Waals surface area contributed by atoms with Gasteiger partial charge in [-0.25, -0.2) is 8.42 Å². The van der Waals surface area contributed by atoms with Gasteiger partial charge in [0.05, 0.1) is 10.2 Å². The molecule has 1 aromatic carbocycles. The Labute approximate surface area is 131 Å². The summed E-state index contributed by atoms with van der Waals surface area (Å²) in [6.45, 7) is 0.512. The summed E-state index contributed by atoms with van der Waals surface area (Å²) in [5.41, 5.74) is 0.892. The number of hydrogen-bond donors (Lipinski definition) is 0. The molecule has 7 heteroatoms. The fourth-order valence-electron chi connectivity index (χ4n) is 3.25. The van der Waals surface area contributed by atoms with E-state index in [0.717, 1.165) is 24.8 Å². The van der Waals surface area contributed by atoms with Gasteiger partial charge in [-0.05, 0) is 25.5 Å². The lowest BCUT2D eigenvalue weighted by Gasteiger charge is -2.37. The van der Waals surface area contributed by atoms with Gasteiger partial charge in [0.25, 0.3) is 5.69 Å². The number of sulfone groups is 1. The smallest absolute Gasteiger partial charge is 0.269 e. The number of hydrogen-bond acceptors (Lipinski definition) is 5. The molecule has 0 N–H and O–H groups in total. The van der Waals surface area contributed by atoms with Crippen molar-refractivity contribution in [1.29, 1.82) is 0 Å². The normalized spacial score (nSPS) is 22.7. The van der Waals surface area contributed by atoms with Crippen LogP contribution in [0.3, 0.4) is 0 Å². The van der Waals surface area contributed by atoms with Crippen LogP contribution in [-0.4, -0.2) is 42.8 Å². The molecule has 0 unspecified atom stereocenters. The van der Waals surface area contributed by atoms with Gasteiger partial charge in [-0.3, -0.25) is 15.0 Å².